The zero-order valence-corrected chi connectivity index (χ0v) is 7.25. The molecule has 0 aromatic heterocycles. The third-order valence-electron chi connectivity index (χ3n) is 1.82. The van der Waals surface area contributed by atoms with Gasteiger partial charge < -0.3 is 0 Å². The van der Waals surface area contributed by atoms with E-state index >= 15 is 0 Å². The first-order chi connectivity index (χ1) is 5.86. The summed E-state index contributed by atoms with van der Waals surface area (Å²) < 4.78 is 0. The van der Waals surface area contributed by atoms with Gasteiger partial charge in [0, 0.05) is 5.02 Å². The average Bonchev–Trinajstić information content (AvgIpc) is 2.56. The lowest BCUT2D eigenvalue weighted by atomic mass is 10.1. The maximum Gasteiger partial charge on any atom is 0.0290 e. The predicted molar refractivity (Wildman–Crippen MR) is 52.3 cm³/mol. The molecule has 0 atom stereocenters. The van der Waals surface area contributed by atoms with Gasteiger partial charge in [-0.2, -0.15) is 18.1 Å². The zero-order chi connectivity index (χ0) is 8.39. The van der Waals surface area contributed by atoms with E-state index in [1.54, 1.807) is 0 Å². The highest BCUT2D eigenvalue weighted by Gasteiger charge is 1.97. The fourth-order valence-corrected chi connectivity index (χ4v) is 1.42. The van der Waals surface area contributed by atoms with Gasteiger partial charge in [-0.25, -0.2) is 0 Å². The van der Waals surface area contributed by atoms with Crippen LogP contribution in [0.5, 0.6) is 0 Å². The van der Waals surface area contributed by atoms with E-state index in [0.717, 1.165) is 5.02 Å². The highest BCUT2D eigenvalue weighted by Crippen LogP contribution is 2.26. The topological polar surface area (TPSA) is 0 Å². The maximum absolute atomic E-state index is 5.86. The molecule has 2 radical (unpaired) electrons. The van der Waals surface area contributed by atoms with E-state index in [9.17, 15) is 0 Å². The molecule has 0 aliphatic heterocycles. The Morgan fingerprint density at radius 3 is 2.83 bits per heavy atom. The minimum absolute atomic E-state index is 0.786. The largest absolute Gasteiger partial charge is 0.188 e. The fourth-order valence-electron chi connectivity index (χ4n) is 1.23. The standard InChI is InChI=1S/C11H8Cl/c12-11-7-3-6-10(8-11)9-4-1-2-5-9/h1-8H/q-1. The second-order valence-electron chi connectivity index (χ2n) is 2.68. The molecular weight excluding hydrogens is 168 g/mol. The molecule has 2 rings (SSSR count). The van der Waals surface area contributed by atoms with Gasteiger partial charge in [0.05, 0.1) is 0 Å². The summed E-state index contributed by atoms with van der Waals surface area (Å²) in [5.74, 6) is 0. The van der Waals surface area contributed by atoms with E-state index in [4.69, 9.17) is 11.6 Å². The number of rotatable bonds is 1. The lowest BCUT2D eigenvalue weighted by Gasteiger charge is -2.10. The van der Waals surface area contributed by atoms with Crippen molar-refractivity contribution in [2.45, 2.75) is 0 Å². The van der Waals surface area contributed by atoms with Crippen LogP contribution in [0, 0.1) is 19.3 Å². The van der Waals surface area contributed by atoms with Crippen molar-refractivity contribution in [2.75, 3.05) is 0 Å². The SMILES string of the molecule is Clc1cccc(C2=C[CH][CH][CH-]2)c1. The van der Waals surface area contributed by atoms with E-state index in [-0.39, 0.29) is 0 Å². The number of hydrogen-bond donors (Lipinski definition) is 0. The van der Waals surface area contributed by atoms with E-state index in [1.165, 1.54) is 11.1 Å². The smallest absolute Gasteiger partial charge is 0.0290 e. The van der Waals surface area contributed by atoms with Crippen molar-refractivity contribution in [2.24, 2.45) is 0 Å². The number of hydrogen-bond acceptors (Lipinski definition) is 0. The van der Waals surface area contributed by atoms with Gasteiger partial charge >= 0.3 is 0 Å². The molecule has 1 heteroatoms. The van der Waals surface area contributed by atoms with Crippen molar-refractivity contribution in [3.05, 3.63) is 60.2 Å². The molecule has 0 amide bonds. The molecule has 0 unspecified atom stereocenters. The number of halogens is 1. The summed E-state index contributed by atoms with van der Waals surface area (Å²) in [6, 6.07) is 7.87. The molecule has 0 spiro atoms. The van der Waals surface area contributed by atoms with Crippen LogP contribution < -0.4 is 0 Å². The molecule has 0 heterocycles. The van der Waals surface area contributed by atoms with Crippen molar-refractivity contribution in [3.63, 3.8) is 0 Å². The second-order valence-corrected chi connectivity index (χ2v) is 3.12. The molecule has 0 nitrogen and oxygen atoms in total. The predicted octanol–water partition coefficient (Wildman–Crippen LogP) is 3.35. The monoisotopic (exact) mass is 175 g/mol. The quantitative estimate of drug-likeness (QED) is 0.575. The van der Waals surface area contributed by atoms with E-state index in [0.29, 0.717) is 0 Å². The molecule has 1 aromatic rings. The van der Waals surface area contributed by atoms with Gasteiger partial charge in [-0.05, 0) is 6.07 Å². The van der Waals surface area contributed by atoms with Crippen molar-refractivity contribution in [3.8, 4) is 0 Å². The summed E-state index contributed by atoms with van der Waals surface area (Å²) in [6.45, 7) is 0. The van der Waals surface area contributed by atoms with E-state index in [1.807, 2.05) is 31.0 Å². The molecule has 1 aliphatic rings. The first kappa shape index (κ1) is 7.75. The summed E-state index contributed by atoms with van der Waals surface area (Å²) in [5, 5.41) is 0.786. The Bertz CT molecular complexity index is 313. The third kappa shape index (κ3) is 1.49. The van der Waals surface area contributed by atoms with Gasteiger partial charge in [0.1, 0.15) is 0 Å². The molecule has 1 aromatic carbocycles. The Morgan fingerprint density at radius 2 is 2.17 bits per heavy atom. The van der Waals surface area contributed by atoms with Crippen LogP contribution in [0.2, 0.25) is 5.02 Å². The van der Waals surface area contributed by atoms with Crippen molar-refractivity contribution in [1.29, 1.82) is 0 Å². The minimum atomic E-state index is 0.786. The van der Waals surface area contributed by atoms with Gasteiger partial charge in [0.2, 0.25) is 0 Å². The summed E-state index contributed by atoms with van der Waals surface area (Å²) in [7, 11) is 0. The van der Waals surface area contributed by atoms with Crippen LogP contribution in [-0.4, -0.2) is 0 Å². The second kappa shape index (κ2) is 3.24. The zero-order valence-electron chi connectivity index (χ0n) is 6.50. The minimum Gasteiger partial charge on any atom is -0.188 e. The highest BCUT2D eigenvalue weighted by atomic mass is 35.5. The summed E-state index contributed by atoms with van der Waals surface area (Å²) in [6.07, 6.45) is 8.20. The van der Waals surface area contributed by atoms with Crippen molar-refractivity contribution >= 4 is 17.2 Å². The number of benzene rings is 1. The molecule has 60 valence electrons. The maximum atomic E-state index is 5.86. The first-order valence-electron chi connectivity index (χ1n) is 3.84. The molecular formula is C11H8Cl-. The van der Waals surface area contributed by atoms with Crippen LogP contribution in [0.4, 0.5) is 0 Å². The lowest BCUT2D eigenvalue weighted by molar-refractivity contribution is 1.58. The van der Waals surface area contributed by atoms with Crippen LogP contribution in [0.15, 0.2) is 30.3 Å². The third-order valence-corrected chi connectivity index (χ3v) is 2.06. The number of allylic oxidation sites excluding steroid dienone is 2. The lowest BCUT2D eigenvalue weighted by Crippen LogP contribution is -1.80. The van der Waals surface area contributed by atoms with Crippen LogP contribution >= 0.6 is 11.6 Å². The highest BCUT2D eigenvalue weighted by molar-refractivity contribution is 6.30. The molecule has 0 N–H and O–H groups in total. The summed E-state index contributed by atoms with van der Waals surface area (Å²) in [5.41, 5.74) is 2.39. The Kier molecular flexibility index (Phi) is 2.09. The Hall–Kier alpha value is -0.880. The van der Waals surface area contributed by atoms with Crippen LogP contribution in [0.1, 0.15) is 5.56 Å². The van der Waals surface area contributed by atoms with Crippen LogP contribution in [0.3, 0.4) is 0 Å². The van der Waals surface area contributed by atoms with Crippen molar-refractivity contribution < 1.29 is 0 Å². The average molecular weight is 176 g/mol. The van der Waals surface area contributed by atoms with Crippen LogP contribution in [-0.2, 0) is 0 Å². The van der Waals surface area contributed by atoms with Gasteiger partial charge in [0.25, 0.3) is 0 Å². The molecule has 0 fully saturated rings. The molecule has 0 bridgehead atoms. The molecule has 1 aliphatic carbocycles. The normalized spacial score (nSPS) is 15.6. The fraction of sp³-hybridized carbons (Fsp3) is 0. The van der Waals surface area contributed by atoms with Gasteiger partial charge in [-0.15, -0.1) is 11.6 Å². The summed E-state index contributed by atoms with van der Waals surface area (Å²) >= 11 is 5.86. The Morgan fingerprint density at radius 1 is 1.25 bits per heavy atom. The molecule has 12 heavy (non-hydrogen) atoms. The van der Waals surface area contributed by atoms with Gasteiger partial charge in [-0.1, -0.05) is 36.6 Å². The van der Waals surface area contributed by atoms with Gasteiger partial charge in [-0.3, -0.25) is 0 Å². The van der Waals surface area contributed by atoms with E-state index in [2.05, 4.69) is 18.6 Å². The van der Waals surface area contributed by atoms with Crippen LogP contribution in [0.25, 0.3) is 5.57 Å². The Labute approximate surface area is 77.9 Å². The Balaban J connectivity index is 2.33. The molecule has 0 saturated heterocycles. The van der Waals surface area contributed by atoms with E-state index < -0.39 is 0 Å². The molecule has 0 saturated carbocycles. The van der Waals surface area contributed by atoms with Gasteiger partial charge in [0.15, 0.2) is 0 Å². The van der Waals surface area contributed by atoms with Crippen molar-refractivity contribution in [1.82, 2.24) is 0 Å². The first-order valence-corrected chi connectivity index (χ1v) is 4.22. The summed E-state index contributed by atoms with van der Waals surface area (Å²) in [4.78, 5) is 0.